The Labute approximate surface area is 193 Å². The Morgan fingerprint density at radius 2 is 1.76 bits per heavy atom. The van der Waals surface area contributed by atoms with Gasteiger partial charge in [0.15, 0.2) is 6.61 Å². The maximum atomic E-state index is 12.7. The van der Waals surface area contributed by atoms with Crippen LogP contribution in [-0.2, 0) is 5.54 Å². The van der Waals surface area contributed by atoms with Gasteiger partial charge < -0.3 is 25.2 Å². The van der Waals surface area contributed by atoms with Gasteiger partial charge in [0.25, 0.3) is 0 Å². The molecule has 1 fully saturated rings. The molecule has 1 heterocycles. The molecule has 3 aromatic rings. The van der Waals surface area contributed by atoms with Gasteiger partial charge in [0.1, 0.15) is 18.1 Å². The van der Waals surface area contributed by atoms with Crippen LogP contribution in [0, 0.1) is 0 Å². The molecule has 1 saturated carbocycles. The van der Waals surface area contributed by atoms with Crippen molar-refractivity contribution in [2.24, 2.45) is 0 Å². The van der Waals surface area contributed by atoms with Crippen LogP contribution in [0.25, 0.3) is 0 Å². The third kappa shape index (κ3) is 6.06. The number of ether oxygens (including phenoxy) is 2. The number of alkyl halides is 3. The van der Waals surface area contributed by atoms with Crippen LogP contribution in [-0.4, -0.2) is 39.4 Å². The molecule has 0 bridgehead atoms. The Hall–Kier alpha value is -4.02. The highest BCUT2D eigenvalue weighted by molar-refractivity contribution is 5.57. The molecule has 0 unspecified atom stereocenters. The lowest BCUT2D eigenvalue weighted by Gasteiger charge is -2.19. The summed E-state index contributed by atoms with van der Waals surface area (Å²) in [5.41, 5.74) is 0.955. The van der Waals surface area contributed by atoms with Crippen LogP contribution < -0.4 is 20.1 Å². The summed E-state index contributed by atoms with van der Waals surface area (Å²) in [4.78, 5) is 12.3. The Morgan fingerprint density at radius 3 is 2.44 bits per heavy atom. The van der Waals surface area contributed by atoms with E-state index < -0.39 is 24.3 Å². The quantitative estimate of drug-likeness (QED) is 0.357. The summed E-state index contributed by atoms with van der Waals surface area (Å²) in [7, 11) is 0. The van der Waals surface area contributed by atoms with Gasteiger partial charge in [-0.1, -0.05) is 30.9 Å². The highest BCUT2D eigenvalue weighted by Gasteiger charge is 2.45. The van der Waals surface area contributed by atoms with Gasteiger partial charge >= 0.3 is 12.2 Å². The average molecular weight is 473 g/mol. The Balaban J connectivity index is 1.59. The standard InChI is InChI=1S/C23H22F3N5O3/c1-2-12-33-18-5-3-4-16(13-18)27-19-28-20(30-21(29-19)34-14-23(24,25)26)31-22(10-11-22)15-6-8-17(32)9-7-15/h2-9,13,32H,1,10-12,14H2,(H2,27,28,29,30,31). The molecule has 0 atom stereocenters. The van der Waals surface area contributed by atoms with E-state index in [1.165, 1.54) is 0 Å². The van der Waals surface area contributed by atoms with Crippen molar-refractivity contribution in [3.63, 3.8) is 0 Å². The first-order chi connectivity index (χ1) is 16.2. The van der Waals surface area contributed by atoms with E-state index in [0.29, 0.717) is 18.0 Å². The number of anilines is 3. The van der Waals surface area contributed by atoms with Crippen LogP contribution in [0.15, 0.2) is 61.2 Å². The molecule has 3 N–H and O–H groups in total. The van der Waals surface area contributed by atoms with Crippen molar-refractivity contribution in [1.29, 1.82) is 0 Å². The lowest BCUT2D eigenvalue weighted by Crippen LogP contribution is -2.23. The molecular weight excluding hydrogens is 451 g/mol. The van der Waals surface area contributed by atoms with E-state index in [1.807, 2.05) is 0 Å². The van der Waals surface area contributed by atoms with E-state index in [-0.39, 0.29) is 17.6 Å². The second-order valence-corrected chi connectivity index (χ2v) is 7.68. The predicted molar refractivity (Wildman–Crippen MR) is 119 cm³/mol. The number of nitrogens with zero attached hydrogens (tertiary/aromatic N) is 3. The molecule has 4 rings (SSSR count). The lowest BCUT2D eigenvalue weighted by molar-refractivity contribution is -0.154. The van der Waals surface area contributed by atoms with Crippen molar-refractivity contribution < 1.29 is 27.8 Å². The summed E-state index contributed by atoms with van der Waals surface area (Å²) in [6.07, 6.45) is -1.42. The maximum absolute atomic E-state index is 12.7. The average Bonchev–Trinajstić information content (AvgIpc) is 3.57. The van der Waals surface area contributed by atoms with Gasteiger partial charge in [-0.05, 0) is 42.7 Å². The minimum absolute atomic E-state index is 0.00273. The number of aromatic nitrogens is 3. The van der Waals surface area contributed by atoms with E-state index in [4.69, 9.17) is 9.47 Å². The van der Waals surface area contributed by atoms with Gasteiger partial charge in [-0.2, -0.15) is 28.1 Å². The van der Waals surface area contributed by atoms with Crippen molar-refractivity contribution in [2.45, 2.75) is 24.6 Å². The van der Waals surface area contributed by atoms with Crippen LogP contribution in [0.3, 0.4) is 0 Å². The normalized spacial score (nSPS) is 14.2. The van der Waals surface area contributed by atoms with E-state index in [9.17, 15) is 18.3 Å². The second-order valence-electron chi connectivity index (χ2n) is 7.68. The lowest BCUT2D eigenvalue weighted by atomic mass is 10.1. The first-order valence-corrected chi connectivity index (χ1v) is 10.4. The molecule has 34 heavy (non-hydrogen) atoms. The molecule has 0 spiro atoms. The number of benzene rings is 2. The molecule has 11 heteroatoms. The molecule has 0 radical (unpaired) electrons. The zero-order valence-corrected chi connectivity index (χ0v) is 18.0. The van der Waals surface area contributed by atoms with Gasteiger partial charge in [-0.25, -0.2) is 0 Å². The highest BCUT2D eigenvalue weighted by Crippen LogP contribution is 2.48. The van der Waals surface area contributed by atoms with E-state index in [1.54, 1.807) is 54.6 Å². The van der Waals surface area contributed by atoms with Crippen molar-refractivity contribution >= 4 is 17.6 Å². The molecule has 1 aromatic heterocycles. The SMILES string of the molecule is C=CCOc1cccc(Nc2nc(NC3(c4ccc(O)cc4)CC3)nc(OCC(F)(F)F)n2)c1. The number of phenols is 1. The van der Waals surface area contributed by atoms with Crippen molar-refractivity contribution in [1.82, 2.24) is 15.0 Å². The fraction of sp³-hybridized carbons (Fsp3) is 0.261. The maximum Gasteiger partial charge on any atom is 0.422 e. The van der Waals surface area contributed by atoms with Crippen molar-refractivity contribution in [3.8, 4) is 17.5 Å². The van der Waals surface area contributed by atoms with Crippen LogP contribution in [0.5, 0.6) is 17.5 Å². The Morgan fingerprint density at radius 1 is 1.03 bits per heavy atom. The third-order valence-corrected chi connectivity index (χ3v) is 4.96. The number of phenolic OH excluding ortho intramolecular Hbond substituents is 1. The van der Waals surface area contributed by atoms with E-state index >= 15 is 0 Å². The summed E-state index contributed by atoms with van der Waals surface area (Å²) in [5.74, 6) is 0.750. The first-order valence-electron chi connectivity index (χ1n) is 10.4. The summed E-state index contributed by atoms with van der Waals surface area (Å²) < 4.78 is 48.4. The first kappa shape index (κ1) is 23.1. The van der Waals surface area contributed by atoms with Crippen molar-refractivity contribution in [2.75, 3.05) is 23.8 Å². The molecule has 2 aromatic carbocycles. The fourth-order valence-electron chi connectivity index (χ4n) is 3.23. The summed E-state index contributed by atoms with van der Waals surface area (Å²) in [6, 6.07) is 13.1. The number of nitrogens with one attached hydrogen (secondary N) is 2. The number of hydrogen-bond donors (Lipinski definition) is 3. The summed E-state index contributed by atoms with van der Waals surface area (Å²) in [6.45, 7) is 2.38. The van der Waals surface area contributed by atoms with Gasteiger partial charge in [-0.15, -0.1) is 0 Å². The zero-order valence-electron chi connectivity index (χ0n) is 18.0. The molecule has 0 saturated heterocycles. The second kappa shape index (κ2) is 9.46. The largest absolute Gasteiger partial charge is 0.508 e. The van der Waals surface area contributed by atoms with Gasteiger partial charge in [0, 0.05) is 11.8 Å². The number of aromatic hydroxyl groups is 1. The molecule has 0 aliphatic heterocycles. The van der Waals surface area contributed by atoms with Gasteiger partial charge in [0.2, 0.25) is 11.9 Å². The van der Waals surface area contributed by atoms with Gasteiger partial charge in [-0.3, -0.25) is 0 Å². The molecule has 178 valence electrons. The Kier molecular flexibility index (Phi) is 6.44. The monoisotopic (exact) mass is 473 g/mol. The highest BCUT2D eigenvalue weighted by atomic mass is 19.4. The minimum Gasteiger partial charge on any atom is -0.508 e. The minimum atomic E-state index is -4.55. The van der Waals surface area contributed by atoms with Crippen LogP contribution >= 0.6 is 0 Å². The fourth-order valence-corrected chi connectivity index (χ4v) is 3.23. The molecule has 0 amide bonds. The van der Waals surface area contributed by atoms with Gasteiger partial charge in [0.05, 0.1) is 5.54 Å². The molecule has 1 aliphatic carbocycles. The topological polar surface area (TPSA) is 101 Å². The summed E-state index contributed by atoms with van der Waals surface area (Å²) >= 11 is 0. The molecular formula is C23H22F3N5O3. The van der Waals surface area contributed by atoms with E-state index in [2.05, 4.69) is 32.2 Å². The number of halogens is 3. The molecule has 1 aliphatic rings. The molecule has 8 nitrogen and oxygen atoms in total. The van der Waals surface area contributed by atoms with Crippen LogP contribution in [0.2, 0.25) is 0 Å². The number of rotatable bonds is 10. The van der Waals surface area contributed by atoms with Crippen LogP contribution in [0.1, 0.15) is 18.4 Å². The number of hydrogen-bond acceptors (Lipinski definition) is 8. The third-order valence-electron chi connectivity index (χ3n) is 4.96. The summed E-state index contributed by atoms with van der Waals surface area (Å²) in [5, 5.41) is 15.7. The van der Waals surface area contributed by atoms with Crippen molar-refractivity contribution in [3.05, 3.63) is 66.7 Å². The zero-order chi connectivity index (χ0) is 24.2. The van der Waals surface area contributed by atoms with Crippen LogP contribution in [0.4, 0.5) is 30.8 Å². The predicted octanol–water partition coefficient (Wildman–Crippen LogP) is 4.93. The Bertz CT molecular complexity index is 1150. The van der Waals surface area contributed by atoms with E-state index in [0.717, 1.165) is 18.4 Å². The smallest absolute Gasteiger partial charge is 0.422 e.